The SMILES string of the molecule is C=C/C(=C\C(F)=C\Cl)OCC(=O)NC(=C)CCNC(=O)c1ccccc1OCCN(C)C. The highest BCUT2D eigenvalue weighted by atomic mass is 35.5. The van der Waals surface area contributed by atoms with E-state index in [-0.39, 0.29) is 24.8 Å². The van der Waals surface area contributed by atoms with Gasteiger partial charge in [0, 0.05) is 36.8 Å². The predicted molar refractivity (Wildman–Crippen MR) is 124 cm³/mol. The molecule has 0 aliphatic heterocycles. The van der Waals surface area contributed by atoms with Gasteiger partial charge in [-0.05, 0) is 32.3 Å². The maximum Gasteiger partial charge on any atom is 0.262 e. The van der Waals surface area contributed by atoms with Crippen LogP contribution in [-0.2, 0) is 9.53 Å². The molecule has 1 aromatic carbocycles. The summed E-state index contributed by atoms with van der Waals surface area (Å²) in [5.74, 6) is -0.944. The molecular weight excluding hydrogens is 437 g/mol. The van der Waals surface area contributed by atoms with Gasteiger partial charge in [-0.3, -0.25) is 9.59 Å². The van der Waals surface area contributed by atoms with Gasteiger partial charge in [0.15, 0.2) is 6.61 Å². The Morgan fingerprint density at radius 3 is 2.66 bits per heavy atom. The van der Waals surface area contributed by atoms with Crippen LogP contribution in [0.2, 0.25) is 0 Å². The third-order valence-corrected chi connectivity index (χ3v) is 4.12. The molecule has 2 amide bonds. The molecule has 1 aromatic rings. The van der Waals surface area contributed by atoms with E-state index in [0.717, 1.165) is 18.2 Å². The van der Waals surface area contributed by atoms with Crippen LogP contribution < -0.4 is 15.4 Å². The van der Waals surface area contributed by atoms with Gasteiger partial charge in [-0.1, -0.05) is 36.9 Å². The summed E-state index contributed by atoms with van der Waals surface area (Å²) in [5, 5.41) is 5.33. The van der Waals surface area contributed by atoms with Crippen LogP contribution in [0.15, 0.2) is 72.4 Å². The number of amides is 2. The van der Waals surface area contributed by atoms with Crippen molar-refractivity contribution in [3.8, 4) is 5.75 Å². The van der Waals surface area contributed by atoms with E-state index in [0.29, 0.717) is 30.0 Å². The van der Waals surface area contributed by atoms with Gasteiger partial charge in [0.2, 0.25) is 0 Å². The Bertz CT molecular complexity index is 869. The number of ether oxygens (including phenoxy) is 2. The lowest BCUT2D eigenvalue weighted by molar-refractivity contribution is -0.123. The van der Waals surface area contributed by atoms with Crippen molar-refractivity contribution in [2.75, 3.05) is 40.4 Å². The molecule has 0 heterocycles. The number of hydrogen-bond donors (Lipinski definition) is 2. The third kappa shape index (κ3) is 10.8. The lowest BCUT2D eigenvalue weighted by Gasteiger charge is -2.14. The topological polar surface area (TPSA) is 79.9 Å². The highest BCUT2D eigenvalue weighted by molar-refractivity contribution is 6.25. The number of rotatable bonds is 14. The largest absolute Gasteiger partial charge is 0.491 e. The zero-order valence-electron chi connectivity index (χ0n) is 18.3. The van der Waals surface area contributed by atoms with Crippen molar-refractivity contribution in [1.29, 1.82) is 0 Å². The summed E-state index contributed by atoms with van der Waals surface area (Å²) in [4.78, 5) is 26.4. The number of nitrogens with zero attached hydrogens (tertiary/aromatic N) is 1. The van der Waals surface area contributed by atoms with Crippen LogP contribution >= 0.6 is 11.6 Å². The second-order valence-electron chi connectivity index (χ2n) is 6.84. The average Bonchev–Trinajstić information content (AvgIpc) is 2.76. The molecule has 32 heavy (non-hydrogen) atoms. The molecule has 0 spiro atoms. The van der Waals surface area contributed by atoms with Crippen LogP contribution in [0.3, 0.4) is 0 Å². The quantitative estimate of drug-likeness (QED) is 0.324. The van der Waals surface area contributed by atoms with Crippen LogP contribution in [0.1, 0.15) is 16.8 Å². The molecule has 0 aromatic heterocycles. The van der Waals surface area contributed by atoms with Gasteiger partial charge in [0.1, 0.15) is 23.9 Å². The summed E-state index contributed by atoms with van der Waals surface area (Å²) in [6.07, 6.45) is 2.56. The second-order valence-corrected chi connectivity index (χ2v) is 7.06. The van der Waals surface area contributed by atoms with Crippen LogP contribution in [-0.4, -0.2) is 57.1 Å². The van der Waals surface area contributed by atoms with Crippen molar-refractivity contribution in [2.24, 2.45) is 0 Å². The number of benzene rings is 1. The van der Waals surface area contributed by atoms with Gasteiger partial charge in [0.25, 0.3) is 11.8 Å². The molecule has 0 saturated carbocycles. The van der Waals surface area contributed by atoms with E-state index in [2.05, 4.69) is 23.8 Å². The molecule has 0 aliphatic rings. The number of nitrogens with one attached hydrogen (secondary N) is 2. The van der Waals surface area contributed by atoms with E-state index in [9.17, 15) is 14.0 Å². The first-order chi connectivity index (χ1) is 15.3. The normalized spacial score (nSPS) is 11.7. The van der Waals surface area contributed by atoms with Gasteiger partial charge in [0.05, 0.1) is 5.56 Å². The number of carbonyl (C=O) groups is 2. The first-order valence-electron chi connectivity index (χ1n) is 9.82. The Labute approximate surface area is 193 Å². The Balaban J connectivity index is 2.44. The molecule has 174 valence electrons. The van der Waals surface area contributed by atoms with Crippen LogP contribution in [0.4, 0.5) is 4.39 Å². The average molecular weight is 466 g/mol. The summed E-state index contributed by atoms with van der Waals surface area (Å²) in [5.41, 5.74) is 1.55. The maximum absolute atomic E-state index is 13.1. The maximum atomic E-state index is 13.1. The van der Waals surface area contributed by atoms with Crippen LogP contribution in [0.25, 0.3) is 0 Å². The number of carbonyl (C=O) groups excluding carboxylic acids is 2. The molecule has 0 radical (unpaired) electrons. The van der Waals surface area contributed by atoms with Gasteiger partial charge in [-0.25, -0.2) is 4.39 Å². The standard InChI is InChI=1S/C23H29ClFN3O4/c1-5-19(14-18(25)15-24)32-16-22(29)27-17(2)10-11-26-23(30)20-8-6-7-9-21(20)31-13-12-28(3)4/h5-9,14-15H,1-2,10-13,16H2,3-4H3,(H,26,30)(H,27,29)/b18-15-,19-14+. The van der Waals surface area contributed by atoms with E-state index in [1.165, 1.54) is 6.08 Å². The fraction of sp³-hybridized carbons (Fsp3) is 0.304. The van der Waals surface area contributed by atoms with Crippen molar-refractivity contribution in [2.45, 2.75) is 6.42 Å². The number of para-hydroxylation sites is 1. The van der Waals surface area contributed by atoms with E-state index in [1.807, 2.05) is 19.0 Å². The number of allylic oxidation sites excluding steroid dienone is 3. The number of hydrogen-bond acceptors (Lipinski definition) is 5. The smallest absolute Gasteiger partial charge is 0.262 e. The van der Waals surface area contributed by atoms with Crippen LogP contribution in [0.5, 0.6) is 5.75 Å². The molecule has 0 bridgehead atoms. The van der Waals surface area contributed by atoms with E-state index in [1.54, 1.807) is 24.3 Å². The lowest BCUT2D eigenvalue weighted by Crippen LogP contribution is -2.30. The van der Waals surface area contributed by atoms with Crippen molar-refractivity contribution in [3.63, 3.8) is 0 Å². The van der Waals surface area contributed by atoms with Crippen molar-refractivity contribution >= 4 is 23.4 Å². The molecule has 9 heteroatoms. The molecule has 2 N–H and O–H groups in total. The minimum absolute atomic E-state index is 0.0545. The van der Waals surface area contributed by atoms with E-state index in [4.69, 9.17) is 21.1 Å². The number of halogens is 2. The predicted octanol–water partition coefficient (Wildman–Crippen LogP) is 3.51. The Morgan fingerprint density at radius 2 is 2.00 bits per heavy atom. The van der Waals surface area contributed by atoms with Crippen molar-refractivity contribution < 1.29 is 23.5 Å². The zero-order chi connectivity index (χ0) is 23.9. The number of likely N-dealkylation sites (N-methyl/N-ethyl adjacent to an activating group) is 1. The van der Waals surface area contributed by atoms with Gasteiger partial charge < -0.3 is 25.0 Å². The molecular formula is C23H29ClFN3O4. The highest BCUT2D eigenvalue weighted by Gasteiger charge is 2.12. The highest BCUT2D eigenvalue weighted by Crippen LogP contribution is 2.17. The lowest BCUT2D eigenvalue weighted by atomic mass is 10.2. The Kier molecular flexibility index (Phi) is 12.5. The summed E-state index contributed by atoms with van der Waals surface area (Å²) < 4.78 is 24.0. The third-order valence-electron chi connectivity index (χ3n) is 3.91. The monoisotopic (exact) mass is 465 g/mol. The summed E-state index contributed by atoms with van der Waals surface area (Å²) in [6, 6.07) is 6.98. The molecule has 0 aliphatic carbocycles. The van der Waals surface area contributed by atoms with Crippen molar-refractivity contribution in [1.82, 2.24) is 15.5 Å². The fourth-order valence-corrected chi connectivity index (χ4v) is 2.37. The first kappa shape index (κ1) is 26.9. The molecule has 0 saturated heterocycles. The Morgan fingerprint density at radius 1 is 1.28 bits per heavy atom. The molecule has 0 fully saturated rings. The minimum atomic E-state index is -0.730. The minimum Gasteiger partial charge on any atom is -0.491 e. The first-order valence-corrected chi connectivity index (χ1v) is 10.3. The van der Waals surface area contributed by atoms with Gasteiger partial charge in [-0.2, -0.15) is 0 Å². The van der Waals surface area contributed by atoms with Crippen LogP contribution in [0, 0.1) is 0 Å². The van der Waals surface area contributed by atoms with Gasteiger partial charge in [-0.15, -0.1) is 0 Å². The van der Waals surface area contributed by atoms with E-state index < -0.39 is 11.7 Å². The molecule has 1 rings (SSSR count). The summed E-state index contributed by atoms with van der Waals surface area (Å²) >= 11 is 5.24. The summed E-state index contributed by atoms with van der Waals surface area (Å²) in [7, 11) is 3.88. The molecule has 0 unspecified atom stereocenters. The van der Waals surface area contributed by atoms with E-state index >= 15 is 0 Å². The molecule has 7 nitrogen and oxygen atoms in total. The molecule has 0 atom stereocenters. The summed E-state index contributed by atoms with van der Waals surface area (Å²) in [6.45, 7) is 8.30. The van der Waals surface area contributed by atoms with Gasteiger partial charge >= 0.3 is 0 Å². The fourth-order valence-electron chi connectivity index (χ4n) is 2.31. The Hall–Kier alpha value is -3.10. The second kappa shape index (κ2) is 14.8. The zero-order valence-corrected chi connectivity index (χ0v) is 19.1. The van der Waals surface area contributed by atoms with Crippen molar-refractivity contribution in [3.05, 3.63) is 78.0 Å².